The standard InChI is InChI=1S/C13H17N3OS/c1-13(2,10-14)16-6-4-15(5-7-16)12(17)11-3-8-18-9-11/h3,8-9H,4-7H2,1-2H3. The van der Waals surface area contributed by atoms with Gasteiger partial charge in [-0.25, -0.2) is 0 Å². The van der Waals surface area contributed by atoms with Crippen LogP contribution >= 0.6 is 11.3 Å². The van der Waals surface area contributed by atoms with Crippen LogP contribution < -0.4 is 0 Å². The Labute approximate surface area is 111 Å². The van der Waals surface area contributed by atoms with Crippen LogP contribution in [0.15, 0.2) is 16.8 Å². The van der Waals surface area contributed by atoms with Crippen molar-refractivity contribution in [3.63, 3.8) is 0 Å². The molecule has 18 heavy (non-hydrogen) atoms. The Morgan fingerprint density at radius 1 is 1.39 bits per heavy atom. The van der Waals surface area contributed by atoms with E-state index in [1.54, 1.807) is 0 Å². The minimum absolute atomic E-state index is 0.102. The summed E-state index contributed by atoms with van der Waals surface area (Å²) in [7, 11) is 0. The molecule has 0 aromatic carbocycles. The topological polar surface area (TPSA) is 47.3 Å². The van der Waals surface area contributed by atoms with Crippen molar-refractivity contribution in [2.45, 2.75) is 19.4 Å². The van der Waals surface area contributed by atoms with Gasteiger partial charge >= 0.3 is 0 Å². The Morgan fingerprint density at radius 3 is 2.56 bits per heavy atom. The van der Waals surface area contributed by atoms with Gasteiger partial charge in [-0.05, 0) is 25.3 Å². The van der Waals surface area contributed by atoms with Gasteiger partial charge in [0.05, 0.1) is 11.6 Å². The predicted molar refractivity (Wildman–Crippen MR) is 71.5 cm³/mol. The fraction of sp³-hybridized carbons (Fsp3) is 0.538. The molecule has 1 fully saturated rings. The Balaban J connectivity index is 1.96. The lowest BCUT2D eigenvalue weighted by Crippen LogP contribution is -2.55. The van der Waals surface area contributed by atoms with Crippen LogP contribution in [0.5, 0.6) is 0 Å². The van der Waals surface area contributed by atoms with Gasteiger partial charge in [0.15, 0.2) is 0 Å². The van der Waals surface area contributed by atoms with E-state index in [1.807, 2.05) is 35.6 Å². The molecule has 4 nitrogen and oxygen atoms in total. The first-order valence-electron chi connectivity index (χ1n) is 6.02. The minimum Gasteiger partial charge on any atom is -0.336 e. The zero-order valence-corrected chi connectivity index (χ0v) is 11.5. The van der Waals surface area contributed by atoms with Gasteiger partial charge in [0, 0.05) is 31.6 Å². The molecule has 1 aromatic rings. The number of thiophene rings is 1. The maximum absolute atomic E-state index is 12.1. The van der Waals surface area contributed by atoms with Crippen molar-refractivity contribution in [2.24, 2.45) is 0 Å². The first kappa shape index (κ1) is 13.1. The zero-order chi connectivity index (χ0) is 13.2. The summed E-state index contributed by atoms with van der Waals surface area (Å²) in [5.41, 5.74) is 0.324. The fourth-order valence-corrected chi connectivity index (χ4v) is 2.74. The van der Waals surface area contributed by atoms with Crippen molar-refractivity contribution < 1.29 is 4.79 Å². The summed E-state index contributed by atoms with van der Waals surface area (Å²) in [4.78, 5) is 16.1. The monoisotopic (exact) mass is 263 g/mol. The molecule has 0 unspecified atom stereocenters. The SMILES string of the molecule is CC(C)(C#N)N1CCN(C(=O)c2ccsc2)CC1. The van der Waals surface area contributed by atoms with E-state index in [0.717, 1.165) is 18.7 Å². The number of carbonyl (C=O) groups excluding carboxylic acids is 1. The summed E-state index contributed by atoms with van der Waals surface area (Å²) in [6.45, 7) is 6.75. The molecule has 2 rings (SSSR count). The van der Waals surface area contributed by atoms with E-state index < -0.39 is 5.54 Å². The smallest absolute Gasteiger partial charge is 0.254 e. The Bertz CT molecular complexity index is 453. The van der Waals surface area contributed by atoms with Crippen LogP contribution in [0.1, 0.15) is 24.2 Å². The molecule has 0 saturated carbocycles. The van der Waals surface area contributed by atoms with Gasteiger partial charge in [-0.15, -0.1) is 0 Å². The average Bonchev–Trinajstić information content (AvgIpc) is 2.92. The van der Waals surface area contributed by atoms with Crippen molar-refractivity contribution in [1.82, 2.24) is 9.80 Å². The number of nitrogens with zero attached hydrogens (tertiary/aromatic N) is 3. The lowest BCUT2D eigenvalue weighted by Gasteiger charge is -2.40. The molecule has 0 radical (unpaired) electrons. The van der Waals surface area contributed by atoms with Crippen LogP contribution in [0.2, 0.25) is 0 Å². The lowest BCUT2D eigenvalue weighted by molar-refractivity contribution is 0.0521. The first-order valence-corrected chi connectivity index (χ1v) is 6.96. The van der Waals surface area contributed by atoms with Crippen LogP contribution in [-0.2, 0) is 0 Å². The quantitative estimate of drug-likeness (QED) is 0.817. The number of piperazine rings is 1. The largest absolute Gasteiger partial charge is 0.336 e. The van der Waals surface area contributed by atoms with Crippen molar-refractivity contribution in [3.05, 3.63) is 22.4 Å². The normalized spacial score (nSPS) is 17.5. The molecule has 1 saturated heterocycles. The second-order valence-electron chi connectivity index (χ2n) is 4.96. The molecule has 5 heteroatoms. The summed E-state index contributed by atoms with van der Waals surface area (Å²) < 4.78 is 0. The van der Waals surface area contributed by atoms with Gasteiger partial charge in [0.1, 0.15) is 5.54 Å². The van der Waals surface area contributed by atoms with E-state index in [1.165, 1.54) is 11.3 Å². The van der Waals surface area contributed by atoms with Gasteiger partial charge < -0.3 is 4.90 Å². The minimum atomic E-state index is -0.447. The van der Waals surface area contributed by atoms with Crippen LogP contribution in [0.4, 0.5) is 0 Å². The summed E-state index contributed by atoms with van der Waals surface area (Å²) >= 11 is 1.54. The summed E-state index contributed by atoms with van der Waals surface area (Å²) in [5.74, 6) is 0.102. The molecule has 96 valence electrons. The molecule has 1 aliphatic heterocycles. The van der Waals surface area contributed by atoms with Crippen LogP contribution in [0.25, 0.3) is 0 Å². The molecule has 0 atom stereocenters. The van der Waals surface area contributed by atoms with Gasteiger partial charge in [0.2, 0.25) is 0 Å². The number of amides is 1. The Hall–Kier alpha value is -1.38. The van der Waals surface area contributed by atoms with E-state index in [0.29, 0.717) is 13.1 Å². The summed E-state index contributed by atoms with van der Waals surface area (Å²) in [5, 5.41) is 12.9. The molecule has 0 bridgehead atoms. The van der Waals surface area contributed by atoms with E-state index in [9.17, 15) is 4.79 Å². The van der Waals surface area contributed by atoms with E-state index in [-0.39, 0.29) is 5.91 Å². The molecule has 1 aromatic heterocycles. The van der Waals surface area contributed by atoms with Crippen LogP contribution in [0, 0.1) is 11.3 Å². The van der Waals surface area contributed by atoms with Crippen molar-refractivity contribution in [2.75, 3.05) is 26.2 Å². The van der Waals surface area contributed by atoms with Crippen LogP contribution in [-0.4, -0.2) is 47.4 Å². The number of nitriles is 1. The highest BCUT2D eigenvalue weighted by molar-refractivity contribution is 7.08. The number of carbonyl (C=O) groups is 1. The molecule has 0 N–H and O–H groups in total. The molecular formula is C13H17N3OS. The fourth-order valence-electron chi connectivity index (χ4n) is 2.11. The highest BCUT2D eigenvalue weighted by atomic mass is 32.1. The maximum atomic E-state index is 12.1. The average molecular weight is 263 g/mol. The van der Waals surface area contributed by atoms with E-state index in [4.69, 9.17) is 5.26 Å². The molecule has 1 amide bonds. The Morgan fingerprint density at radius 2 is 2.06 bits per heavy atom. The number of hydrogen-bond acceptors (Lipinski definition) is 4. The molecule has 0 spiro atoms. The van der Waals surface area contributed by atoms with E-state index in [2.05, 4.69) is 11.0 Å². The maximum Gasteiger partial charge on any atom is 0.254 e. The zero-order valence-electron chi connectivity index (χ0n) is 10.7. The summed E-state index contributed by atoms with van der Waals surface area (Å²) in [6, 6.07) is 4.17. The van der Waals surface area contributed by atoms with Gasteiger partial charge in [-0.3, -0.25) is 9.69 Å². The highest BCUT2D eigenvalue weighted by Crippen LogP contribution is 2.17. The third-order valence-corrected chi connectivity index (χ3v) is 4.08. The van der Waals surface area contributed by atoms with E-state index >= 15 is 0 Å². The van der Waals surface area contributed by atoms with Crippen LogP contribution in [0.3, 0.4) is 0 Å². The third kappa shape index (κ3) is 2.55. The molecule has 1 aliphatic rings. The molecular weight excluding hydrogens is 246 g/mol. The van der Waals surface area contributed by atoms with Crippen molar-refractivity contribution in [1.29, 1.82) is 5.26 Å². The summed E-state index contributed by atoms with van der Waals surface area (Å²) in [6.07, 6.45) is 0. The second kappa shape index (κ2) is 5.09. The predicted octanol–water partition coefficient (Wildman–Crippen LogP) is 1.81. The van der Waals surface area contributed by atoms with Gasteiger partial charge in [0.25, 0.3) is 5.91 Å². The van der Waals surface area contributed by atoms with Gasteiger partial charge in [-0.2, -0.15) is 16.6 Å². The highest BCUT2D eigenvalue weighted by Gasteiger charge is 2.31. The van der Waals surface area contributed by atoms with Gasteiger partial charge in [-0.1, -0.05) is 0 Å². The second-order valence-corrected chi connectivity index (χ2v) is 5.74. The molecule has 2 heterocycles. The third-order valence-electron chi connectivity index (χ3n) is 3.40. The Kier molecular flexibility index (Phi) is 3.69. The molecule has 0 aliphatic carbocycles. The van der Waals surface area contributed by atoms with Crippen molar-refractivity contribution in [3.8, 4) is 6.07 Å². The first-order chi connectivity index (χ1) is 8.54. The number of rotatable bonds is 2. The number of hydrogen-bond donors (Lipinski definition) is 0. The van der Waals surface area contributed by atoms with Crippen molar-refractivity contribution >= 4 is 17.2 Å². The lowest BCUT2D eigenvalue weighted by atomic mass is 10.0.